The molecule has 7 heteroatoms. The third-order valence-electron chi connectivity index (χ3n) is 11.9. The fraction of sp³-hybridized carbons (Fsp3) is 0.742. The zero-order valence-electron chi connectivity index (χ0n) is 22.9. The maximum atomic E-state index is 12.5. The largest absolute Gasteiger partial charge is 0.505 e. The standard InChI is InChI=1S/C31H43NO6/c1-29-12-9-20(26(19-38-28(34)35)32-15-3-4-16-32)17-22(29)6-7-25-24(29)10-13-30(2)23(11-14-31(25,30)36)21-5-8-27(33)37-18-21/h5,8,17-18,20,23-26,36H,3-4,6-7,9-16,19H2,1-2H3,(H,34,35)/t20-,23+,24-,25+,26?,29-,30+,31-/m0/s1. The van der Waals surface area contributed by atoms with Crippen LogP contribution in [0.5, 0.6) is 0 Å². The van der Waals surface area contributed by atoms with E-state index in [1.165, 1.54) is 24.5 Å². The molecule has 0 aromatic carbocycles. The van der Waals surface area contributed by atoms with Crippen molar-refractivity contribution in [3.8, 4) is 0 Å². The van der Waals surface area contributed by atoms with E-state index < -0.39 is 11.8 Å². The van der Waals surface area contributed by atoms with Gasteiger partial charge < -0.3 is 19.4 Å². The van der Waals surface area contributed by atoms with E-state index >= 15 is 0 Å². The second-order valence-electron chi connectivity index (χ2n) is 13.3. The lowest BCUT2D eigenvalue weighted by Crippen LogP contribution is -2.60. The summed E-state index contributed by atoms with van der Waals surface area (Å²) in [6.07, 6.45) is 13.2. The maximum Gasteiger partial charge on any atom is 0.505 e. The van der Waals surface area contributed by atoms with E-state index in [0.29, 0.717) is 11.8 Å². The molecule has 8 atom stereocenters. The molecule has 7 nitrogen and oxygen atoms in total. The highest BCUT2D eigenvalue weighted by Gasteiger charge is 2.66. The molecule has 0 radical (unpaired) electrons. The molecular weight excluding hydrogens is 482 g/mol. The van der Waals surface area contributed by atoms with Crippen LogP contribution in [-0.4, -0.2) is 52.6 Å². The van der Waals surface area contributed by atoms with E-state index in [9.17, 15) is 19.8 Å². The van der Waals surface area contributed by atoms with Crippen LogP contribution in [0.25, 0.3) is 0 Å². The molecule has 1 aromatic rings. The van der Waals surface area contributed by atoms with Gasteiger partial charge in [-0.05, 0) is 118 Å². The second-order valence-corrected chi connectivity index (χ2v) is 13.3. The predicted octanol–water partition coefficient (Wildman–Crippen LogP) is 5.58. The first-order chi connectivity index (χ1) is 18.2. The van der Waals surface area contributed by atoms with Crippen molar-refractivity contribution < 1.29 is 24.2 Å². The average Bonchev–Trinajstić information content (AvgIpc) is 3.51. The first kappa shape index (κ1) is 26.1. The molecule has 0 amide bonds. The Balaban J connectivity index is 1.25. The normalized spacial score (nSPS) is 41.5. The van der Waals surface area contributed by atoms with Crippen LogP contribution < -0.4 is 5.63 Å². The minimum Gasteiger partial charge on any atom is -0.450 e. The number of carboxylic acid groups (broad SMARTS) is 1. The highest BCUT2D eigenvalue weighted by molar-refractivity contribution is 5.56. The molecule has 1 unspecified atom stereocenters. The van der Waals surface area contributed by atoms with Crippen molar-refractivity contribution in [1.82, 2.24) is 4.90 Å². The number of aliphatic hydroxyl groups is 1. The first-order valence-electron chi connectivity index (χ1n) is 14.8. The number of rotatable bonds is 5. The lowest BCUT2D eigenvalue weighted by molar-refractivity contribution is -0.178. The number of likely N-dealkylation sites (tertiary alicyclic amines) is 1. The summed E-state index contributed by atoms with van der Waals surface area (Å²) >= 11 is 0. The van der Waals surface area contributed by atoms with Crippen LogP contribution in [0.3, 0.4) is 0 Å². The number of fused-ring (bicyclic) bond motifs is 5. The van der Waals surface area contributed by atoms with Gasteiger partial charge in [-0.3, -0.25) is 4.90 Å². The SMILES string of the molecule is C[C@]12CC[C@H](C(COC(=O)O)N3CCCC3)C=C1CC[C@@H]1[C@@H]2CC[C@]2(C)[C@@H](c3ccc(=O)oc3)CC[C@]12O. The van der Waals surface area contributed by atoms with E-state index in [4.69, 9.17) is 9.15 Å². The van der Waals surface area contributed by atoms with Gasteiger partial charge in [0.25, 0.3) is 0 Å². The van der Waals surface area contributed by atoms with Gasteiger partial charge in [0.2, 0.25) is 0 Å². The number of hydrogen-bond acceptors (Lipinski definition) is 6. The molecule has 1 saturated heterocycles. The highest BCUT2D eigenvalue weighted by Crippen LogP contribution is 2.70. The fourth-order valence-corrected chi connectivity index (χ4v) is 9.86. The molecule has 208 valence electrons. The topological polar surface area (TPSA) is 100 Å². The third kappa shape index (κ3) is 3.98. The van der Waals surface area contributed by atoms with Crippen LogP contribution in [0.15, 0.2) is 39.3 Å². The van der Waals surface area contributed by atoms with Crippen molar-refractivity contribution in [1.29, 1.82) is 0 Å². The predicted molar refractivity (Wildman–Crippen MR) is 143 cm³/mol. The molecule has 1 aliphatic heterocycles. The summed E-state index contributed by atoms with van der Waals surface area (Å²) in [6, 6.07) is 3.52. The fourth-order valence-electron chi connectivity index (χ4n) is 9.86. The third-order valence-corrected chi connectivity index (χ3v) is 11.9. The Kier molecular flexibility index (Phi) is 6.54. The molecule has 1 aromatic heterocycles. The monoisotopic (exact) mass is 525 g/mol. The van der Waals surface area contributed by atoms with Crippen molar-refractivity contribution >= 4 is 6.16 Å². The molecule has 4 fully saturated rings. The Morgan fingerprint density at radius 1 is 1.11 bits per heavy atom. The van der Waals surface area contributed by atoms with Crippen molar-refractivity contribution in [3.63, 3.8) is 0 Å². The Labute approximate surface area is 225 Å². The van der Waals surface area contributed by atoms with Crippen LogP contribution in [-0.2, 0) is 4.74 Å². The molecule has 38 heavy (non-hydrogen) atoms. The minimum atomic E-state index is -1.19. The zero-order valence-corrected chi connectivity index (χ0v) is 22.9. The summed E-state index contributed by atoms with van der Waals surface area (Å²) < 4.78 is 10.4. The summed E-state index contributed by atoms with van der Waals surface area (Å²) in [5, 5.41) is 21.7. The molecular formula is C31H43NO6. The molecule has 0 spiro atoms. The van der Waals surface area contributed by atoms with Crippen molar-refractivity contribution in [2.24, 2.45) is 28.6 Å². The Morgan fingerprint density at radius 2 is 1.89 bits per heavy atom. The summed E-state index contributed by atoms with van der Waals surface area (Å²) in [5.41, 5.74) is 1.39. The summed E-state index contributed by atoms with van der Waals surface area (Å²) in [6.45, 7) is 7.00. The Morgan fingerprint density at radius 3 is 2.61 bits per heavy atom. The number of ether oxygens (including phenoxy) is 1. The van der Waals surface area contributed by atoms with E-state index in [2.05, 4.69) is 24.8 Å². The van der Waals surface area contributed by atoms with Crippen molar-refractivity contribution in [2.45, 2.75) is 95.6 Å². The molecule has 2 N–H and O–H groups in total. The van der Waals surface area contributed by atoms with Gasteiger partial charge in [-0.1, -0.05) is 25.5 Å². The number of hydrogen-bond donors (Lipinski definition) is 2. The first-order valence-corrected chi connectivity index (χ1v) is 14.8. The van der Waals surface area contributed by atoms with E-state index in [-0.39, 0.29) is 40.9 Å². The van der Waals surface area contributed by atoms with E-state index in [0.717, 1.165) is 70.0 Å². The van der Waals surface area contributed by atoms with Crippen LogP contribution in [0, 0.1) is 28.6 Å². The maximum absolute atomic E-state index is 12.5. The van der Waals surface area contributed by atoms with Gasteiger partial charge in [-0.25, -0.2) is 9.59 Å². The number of carbonyl (C=O) groups is 1. The highest BCUT2D eigenvalue weighted by atomic mass is 16.7. The Hall–Kier alpha value is -2.12. The molecule has 0 bridgehead atoms. The molecule has 5 aliphatic rings. The van der Waals surface area contributed by atoms with Crippen LogP contribution in [0.4, 0.5) is 4.79 Å². The lowest BCUT2D eigenvalue weighted by atomic mass is 9.44. The quantitative estimate of drug-likeness (QED) is 0.383. The van der Waals surface area contributed by atoms with Gasteiger partial charge in [-0.15, -0.1) is 0 Å². The summed E-state index contributed by atoms with van der Waals surface area (Å²) in [4.78, 5) is 25.2. The van der Waals surface area contributed by atoms with Gasteiger partial charge in [0.05, 0.1) is 17.9 Å². The van der Waals surface area contributed by atoms with E-state index in [1.807, 2.05) is 6.07 Å². The molecule has 4 aliphatic carbocycles. The lowest BCUT2D eigenvalue weighted by Gasteiger charge is -2.62. The summed E-state index contributed by atoms with van der Waals surface area (Å²) in [7, 11) is 0. The van der Waals surface area contributed by atoms with Gasteiger partial charge in [-0.2, -0.15) is 0 Å². The molecule has 2 heterocycles. The van der Waals surface area contributed by atoms with Gasteiger partial charge in [0, 0.05) is 11.5 Å². The average molecular weight is 526 g/mol. The van der Waals surface area contributed by atoms with Crippen LogP contribution >= 0.6 is 0 Å². The zero-order chi connectivity index (χ0) is 26.7. The van der Waals surface area contributed by atoms with Crippen LogP contribution in [0.2, 0.25) is 0 Å². The second kappa shape index (κ2) is 9.51. The van der Waals surface area contributed by atoms with Gasteiger partial charge in [0.15, 0.2) is 0 Å². The van der Waals surface area contributed by atoms with Gasteiger partial charge >= 0.3 is 11.8 Å². The van der Waals surface area contributed by atoms with Crippen LogP contribution in [0.1, 0.15) is 89.5 Å². The smallest absolute Gasteiger partial charge is 0.450 e. The number of allylic oxidation sites excluding steroid dienone is 1. The minimum absolute atomic E-state index is 0.0807. The molecule has 6 rings (SSSR count). The van der Waals surface area contributed by atoms with Crippen molar-refractivity contribution in [2.75, 3.05) is 19.7 Å². The van der Waals surface area contributed by atoms with Gasteiger partial charge in [0.1, 0.15) is 6.61 Å². The Bertz CT molecular complexity index is 1130. The molecule has 3 saturated carbocycles. The summed E-state index contributed by atoms with van der Waals surface area (Å²) in [5.74, 6) is 1.24. The van der Waals surface area contributed by atoms with E-state index in [1.54, 1.807) is 6.26 Å². The van der Waals surface area contributed by atoms with Crippen molar-refractivity contribution in [3.05, 3.63) is 46.0 Å². The number of nitrogens with zero attached hydrogens (tertiary/aromatic N) is 1.